The smallest absolute Gasteiger partial charge is 0.0290 e. The Labute approximate surface area is 64.6 Å². The first-order valence-corrected chi connectivity index (χ1v) is 3.94. The van der Waals surface area contributed by atoms with Gasteiger partial charge in [-0.1, -0.05) is 31.6 Å². The molecule has 0 heterocycles. The van der Waals surface area contributed by atoms with Gasteiger partial charge in [0.1, 0.15) is 0 Å². The van der Waals surface area contributed by atoms with E-state index in [-0.39, 0.29) is 0 Å². The van der Waals surface area contributed by atoms with Gasteiger partial charge in [-0.05, 0) is 25.7 Å². The lowest BCUT2D eigenvalue weighted by Crippen LogP contribution is -1.77. The summed E-state index contributed by atoms with van der Waals surface area (Å²) < 4.78 is 0. The van der Waals surface area contributed by atoms with Crippen LogP contribution < -0.4 is 0 Å². The zero-order valence-electron chi connectivity index (χ0n) is 7.35. The van der Waals surface area contributed by atoms with E-state index in [0.29, 0.717) is 5.92 Å². The maximum Gasteiger partial charge on any atom is -0.0290 e. The van der Waals surface area contributed by atoms with Gasteiger partial charge >= 0.3 is 0 Å². The third kappa shape index (κ3) is 7.48. The molecular formula is C10H18. The van der Waals surface area contributed by atoms with E-state index in [1.807, 2.05) is 0 Å². The zero-order valence-corrected chi connectivity index (χ0v) is 7.35. The molecule has 0 unspecified atom stereocenters. The molecule has 0 nitrogen and oxygen atoms in total. The summed E-state index contributed by atoms with van der Waals surface area (Å²) in [4.78, 5) is 0. The van der Waals surface area contributed by atoms with Gasteiger partial charge in [-0.2, -0.15) is 0 Å². The van der Waals surface area contributed by atoms with Gasteiger partial charge < -0.3 is 0 Å². The van der Waals surface area contributed by atoms with Crippen LogP contribution in [0.15, 0.2) is 24.3 Å². The van der Waals surface area contributed by atoms with Crippen molar-refractivity contribution in [1.29, 1.82) is 0 Å². The molecule has 0 rings (SSSR count). The predicted octanol–water partition coefficient (Wildman–Crippen LogP) is 3.55. The summed E-state index contributed by atoms with van der Waals surface area (Å²) in [6.07, 6.45) is 6.75. The summed E-state index contributed by atoms with van der Waals surface area (Å²) in [5.41, 5.74) is 1.27. The molecule has 0 N–H and O–H groups in total. The molecule has 0 aromatic carbocycles. The van der Waals surface area contributed by atoms with E-state index in [1.165, 1.54) is 5.57 Å². The summed E-state index contributed by atoms with van der Waals surface area (Å²) >= 11 is 0. The molecule has 0 aromatic rings. The molecule has 0 aliphatic heterocycles. The van der Waals surface area contributed by atoms with Crippen LogP contribution in [0.4, 0.5) is 0 Å². The summed E-state index contributed by atoms with van der Waals surface area (Å²) in [5.74, 6) is 0.685. The quantitative estimate of drug-likeness (QED) is 0.521. The van der Waals surface area contributed by atoms with E-state index in [1.54, 1.807) is 0 Å². The van der Waals surface area contributed by atoms with Crippen LogP contribution in [0.2, 0.25) is 0 Å². The van der Waals surface area contributed by atoms with Crippen LogP contribution in [0.3, 0.4) is 0 Å². The van der Waals surface area contributed by atoms with Gasteiger partial charge in [0, 0.05) is 0 Å². The summed E-state index contributed by atoms with van der Waals surface area (Å²) in [6.45, 7) is 10.3. The average Bonchev–Trinajstić information content (AvgIpc) is 1.79. The van der Waals surface area contributed by atoms with E-state index in [0.717, 1.165) is 12.8 Å². The molecule has 0 aliphatic carbocycles. The molecule has 0 aliphatic rings. The molecule has 0 saturated carbocycles. The second-order valence-corrected chi connectivity index (χ2v) is 3.17. The Morgan fingerprint density at radius 3 is 2.50 bits per heavy atom. The summed E-state index contributed by atoms with van der Waals surface area (Å²) in [7, 11) is 0. The van der Waals surface area contributed by atoms with Crippen molar-refractivity contribution in [3.8, 4) is 0 Å². The monoisotopic (exact) mass is 138 g/mol. The highest BCUT2D eigenvalue weighted by molar-refractivity contribution is 4.93. The zero-order chi connectivity index (χ0) is 7.98. The molecule has 0 aromatic heterocycles. The average molecular weight is 138 g/mol. The van der Waals surface area contributed by atoms with Crippen molar-refractivity contribution in [2.45, 2.75) is 33.6 Å². The molecule has 0 fully saturated rings. The first kappa shape index (κ1) is 9.48. The number of rotatable bonds is 4. The Balaban J connectivity index is 3.27. The normalized spacial score (nSPS) is 11.2. The third-order valence-corrected chi connectivity index (χ3v) is 1.26. The number of allylic oxidation sites excluding steroid dienone is 3. The van der Waals surface area contributed by atoms with Gasteiger partial charge in [-0.15, -0.1) is 6.58 Å². The lowest BCUT2D eigenvalue weighted by atomic mass is 10.1. The van der Waals surface area contributed by atoms with Crippen molar-refractivity contribution in [2.75, 3.05) is 0 Å². The first-order valence-electron chi connectivity index (χ1n) is 3.94. The summed E-state index contributed by atoms with van der Waals surface area (Å²) in [5, 5.41) is 0. The van der Waals surface area contributed by atoms with Crippen LogP contribution in [0.5, 0.6) is 0 Å². The molecule has 0 saturated heterocycles. The van der Waals surface area contributed by atoms with Crippen molar-refractivity contribution < 1.29 is 0 Å². The van der Waals surface area contributed by atoms with Crippen LogP contribution in [-0.2, 0) is 0 Å². The van der Waals surface area contributed by atoms with E-state index in [9.17, 15) is 0 Å². The Hall–Kier alpha value is -0.520. The minimum absolute atomic E-state index is 0.685. The third-order valence-electron chi connectivity index (χ3n) is 1.26. The highest BCUT2D eigenvalue weighted by Crippen LogP contribution is 2.02. The molecule has 0 heteroatoms. The van der Waals surface area contributed by atoms with Gasteiger partial charge in [0.15, 0.2) is 0 Å². The van der Waals surface area contributed by atoms with Gasteiger partial charge in [0.2, 0.25) is 0 Å². The molecular weight excluding hydrogens is 120 g/mol. The molecule has 0 amide bonds. The fourth-order valence-corrected chi connectivity index (χ4v) is 0.698. The fourth-order valence-electron chi connectivity index (χ4n) is 0.698. The Morgan fingerprint density at radius 2 is 2.10 bits per heavy atom. The Kier molecular flexibility index (Phi) is 5.00. The topological polar surface area (TPSA) is 0 Å². The second kappa shape index (κ2) is 5.28. The molecule has 0 spiro atoms. The van der Waals surface area contributed by atoms with Gasteiger partial charge in [-0.25, -0.2) is 0 Å². The Bertz CT molecular complexity index is 118. The predicted molar refractivity (Wildman–Crippen MR) is 48.0 cm³/mol. The van der Waals surface area contributed by atoms with E-state index >= 15 is 0 Å². The summed E-state index contributed by atoms with van der Waals surface area (Å²) in [6, 6.07) is 0. The largest absolute Gasteiger partial charge is 0.100 e. The minimum Gasteiger partial charge on any atom is -0.100 e. The second-order valence-electron chi connectivity index (χ2n) is 3.17. The highest BCUT2D eigenvalue weighted by atomic mass is 13.9. The Morgan fingerprint density at radius 1 is 1.50 bits per heavy atom. The lowest BCUT2D eigenvalue weighted by molar-refractivity contribution is 0.821. The maximum absolute atomic E-state index is 3.84. The highest BCUT2D eigenvalue weighted by Gasteiger charge is 1.84. The van der Waals surface area contributed by atoms with Crippen LogP contribution >= 0.6 is 0 Å². The van der Waals surface area contributed by atoms with E-state index < -0.39 is 0 Å². The van der Waals surface area contributed by atoms with Gasteiger partial charge in [0.05, 0.1) is 0 Å². The van der Waals surface area contributed by atoms with E-state index in [2.05, 4.69) is 39.5 Å². The van der Waals surface area contributed by atoms with E-state index in [4.69, 9.17) is 0 Å². The van der Waals surface area contributed by atoms with Gasteiger partial charge in [-0.3, -0.25) is 0 Å². The van der Waals surface area contributed by atoms with Crippen LogP contribution in [0, 0.1) is 5.92 Å². The molecule has 0 bridgehead atoms. The van der Waals surface area contributed by atoms with Crippen LogP contribution in [0.25, 0.3) is 0 Å². The molecule has 0 atom stereocenters. The van der Waals surface area contributed by atoms with Gasteiger partial charge in [0.25, 0.3) is 0 Å². The standard InChI is InChI=1S/C10H18/c1-9(2)7-5-6-8-10(3)4/h6,8,10H,1,5,7H2,2-4H3. The minimum atomic E-state index is 0.685. The lowest BCUT2D eigenvalue weighted by Gasteiger charge is -1.94. The van der Waals surface area contributed by atoms with Crippen molar-refractivity contribution in [3.63, 3.8) is 0 Å². The number of hydrogen-bond donors (Lipinski definition) is 0. The van der Waals surface area contributed by atoms with Crippen molar-refractivity contribution in [3.05, 3.63) is 24.3 Å². The van der Waals surface area contributed by atoms with Crippen molar-refractivity contribution in [2.24, 2.45) is 5.92 Å². The first-order chi connectivity index (χ1) is 4.63. The molecule has 0 radical (unpaired) electrons. The molecule has 58 valence electrons. The number of hydrogen-bond acceptors (Lipinski definition) is 0. The SMILES string of the molecule is C=C(C)CCC=CC(C)C. The maximum atomic E-state index is 3.84. The van der Waals surface area contributed by atoms with Crippen molar-refractivity contribution in [1.82, 2.24) is 0 Å². The van der Waals surface area contributed by atoms with Crippen LogP contribution in [-0.4, -0.2) is 0 Å². The molecule has 10 heavy (non-hydrogen) atoms. The van der Waals surface area contributed by atoms with Crippen LogP contribution in [0.1, 0.15) is 33.6 Å². The fraction of sp³-hybridized carbons (Fsp3) is 0.600. The van der Waals surface area contributed by atoms with Crippen molar-refractivity contribution >= 4 is 0 Å².